The smallest absolute Gasteiger partial charge is 0.191 e. The van der Waals surface area contributed by atoms with Crippen molar-refractivity contribution in [3.05, 3.63) is 23.3 Å². The van der Waals surface area contributed by atoms with Gasteiger partial charge in [0.1, 0.15) is 17.6 Å². The van der Waals surface area contributed by atoms with Crippen LogP contribution in [-0.2, 0) is 17.7 Å². The van der Waals surface area contributed by atoms with Crippen molar-refractivity contribution in [3.8, 4) is 11.5 Å². The molecule has 1 aromatic carbocycles. The summed E-state index contributed by atoms with van der Waals surface area (Å²) in [4.78, 5) is 6.86. The van der Waals surface area contributed by atoms with Gasteiger partial charge in [0.05, 0.1) is 19.8 Å². The van der Waals surface area contributed by atoms with Crippen LogP contribution < -0.4 is 20.1 Å². The van der Waals surface area contributed by atoms with E-state index in [4.69, 9.17) is 14.2 Å². The number of rotatable bonds is 7. The van der Waals surface area contributed by atoms with Crippen LogP contribution in [0.15, 0.2) is 17.1 Å². The molecule has 30 heavy (non-hydrogen) atoms. The van der Waals surface area contributed by atoms with Crippen molar-refractivity contribution in [2.24, 2.45) is 4.99 Å². The zero-order chi connectivity index (χ0) is 20.8. The SMILES string of the molecule is CCOc1cc2c(cc1CNC(=NC)NCC(C)N1CCOCC1C)OC(C)C2.I. The summed E-state index contributed by atoms with van der Waals surface area (Å²) in [7, 11) is 1.80. The molecule has 0 bridgehead atoms. The maximum absolute atomic E-state index is 5.92. The van der Waals surface area contributed by atoms with Crippen LogP contribution in [0.1, 0.15) is 38.8 Å². The lowest BCUT2D eigenvalue weighted by molar-refractivity contribution is -0.0174. The molecule has 7 nitrogen and oxygen atoms in total. The van der Waals surface area contributed by atoms with Gasteiger partial charge in [-0.1, -0.05) is 0 Å². The minimum absolute atomic E-state index is 0. The zero-order valence-electron chi connectivity index (χ0n) is 18.9. The van der Waals surface area contributed by atoms with Gasteiger partial charge in [-0.2, -0.15) is 0 Å². The normalized spacial score (nSPS) is 22.5. The third-order valence-corrected chi connectivity index (χ3v) is 5.60. The number of benzene rings is 1. The van der Waals surface area contributed by atoms with Gasteiger partial charge in [-0.05, 0) is 39.8 Å². The second kappa shape index (κ2) is 12.0. The molecule has 2 aliphatic heterocycles. The van der Waals surface area contributed by atoms with Crippen molar-refractivity contribution in [3.63, 3.8) is 0 Å². The molecule has 2 N–H and O–H groups in total. The van der Waals surface area contributed by atoms with Crippen LogP contribution >= 0.6 is 24.0 Å². The minimum atomic E-state index is 0. The van der Waals surface area contributed by atoms with E-state index in [0.717, 1.165) is 55.7 Å². The van der Waals surface area contributed by atoms with Gasteiger partial charge < -0.3 is 24.8 Å². The third-order valence-electron chi connectivity index (χ3n) is 5.60. The number of hydrogen-bond donors (Lipinski definition) is 2. The van der Waals surface area contributed by atoms with E-state index >= 15 is 0 Å². The highest BCUT2D eigenvalue weighted by Gasteiger charge is 2.24. The summed E-state index contributed by atoms with van der Waals surface area (Å²) in [5.74, 6) is 2.67. The van der Waals surface area contributed by atoms with Crippen molar-refractivity contribution >= 4 is 29.9 Å². The van der Waals surface area contributed by atoms with Crippen LogP contribution in [0.3, 0.4) is 0 Å². The topological polar surface area (TPSA) is 67.4 Å². The van der Waals surface area contributed by atoms with E-state index in [2.05, 4.69) is 53.4 Å². The first-order valence-electron chi connectivity index (χ1n) is 10.7. The first-order valence-corrected chi connectivity index (χ1v) is 10.7. The lowest BCUT2D eigenvalue weighted by Crippen LogP contribution is -2.52. The monoisotopic (exact) mass is 532 g/mol. The number of aliphatic imine (C=N–C) groups is 1. The van der Waals surface area contributed by atoms with Crippen LogP contribution in [0.5, 0.6) is 11.5 Å². The Balaban J connectivity index is 0.00000320. The van der Waals surface area contributed by atoms with E-state index in [1.807, 2.05) is 6.92 Å². The summed E-state index contributed by atoms with van der Waals surface area (Å²) < 4.78 is 17.3. The molecule has 2 heterocycles. The largest absolute Gasteiger partial charge is 0.494 e. The summed E-state index contributed by atoms with van der Waals surface area (Å²) in [6.07, 6.45) is 1.16. The Morgan fingerprint density at radius 3 is 2.83 bits per heavy atom. The molecule has 8 heteroatoms. The Bertz CT molecular complexity index is 716. The second-order valence-electron chi connectivity index (χ2n) is 7.95. The van der Waals surface area contributed by atoms with Crippen LogP contribution in [0.25, 0.3) is 0 Å². The zero-order valence-corrected chi connectivity index (χ0v) is 21.2. The summed E-state index contributed by atoms with van der Waals surface area (Å²) in [5, 5.41) is 6.87. The Morgan fingerprint density at radius 1 is 1.33 bits per heavy atom. The molecule has 3 unspecified atom stereocenters. The van der Waals surface area contributed by atoms with E-state index in [0.29, 0.717) is 25.2 Å². The Morgan fingerprint density at radius 2 is 2.13 bits per heavy atom. The molecular weight excluding hydrogens is 495 g/mol. The molecule has 1 aromatic rings. The molecule has 0 radical (unpaired) electrons. The van der Waals surface area contributed by atoms with Gasteiger partial charge in [-0.25, -0.2) is 0 Å². The Labute approximate surface area is 197 Å². The molecule has 0 amide bonds. The van der Waals surface area contributed by atoms with Gasteiger partial charge in [-0.15, -0.1) is 24.0 Å². The quantitative estimate of drug-likeness (QED) is 0.320. The molecule has 170 valence electrons. The molecule has 0 aromatic heterocycles. The van der Waals surface area contributed by atoms with Crippen molar-refractivity contribution in [2.45, 2.75) is 58.8 Å². The number of halogens is 1. The van der Waals surface area contributed by atoms with Gasteiger partial charge in [0, 0.05) is 56.3 Å². The van der Waals surface area contributed by atoms with Gasteiger partial charge >= 0.3 is 0 Å². The molecule has 3 rings (SSSR count). The maximum atomic E-state index is 5.92. The minimum Gasteiger partial charge on any atom is -0.494 e. The van der Waals surface area contributed by atoms with Gasteiger partial charge in [0.15, 0.2) is 5.96 Å². The number of fused-ring (bicyclic) bond motifs is 1. The molecule has 3 atom stereocenters. The molecule has 2 aliphatic rings. The lowest BCUT2D eigenvalue weighted by atomic mass is 10.1. The van der Waals surface area contributed by atoms with Gasteiger partial charge in [0.25, 0.3) is 0 Å². The van der Waals surface area contributed by atoms with Crippen LogP contribution in [0.4, 0.5) is 0 Å². The number of guanidine groups is 1. The van der Waals surface area contributed by atoms with Crippen molar-refractivity contribution in [1.29, 1.82) is 0 Å². The molecular formula is C22H37IN4O3. The average Bonchev–Trinajstić information content (AvgIpc) is 3.07. The molecule has 1 saturated heterocycles. The highest BCUT2D eigenvalue weighted by atomic mass is 127. The fourth-order valence-corrected chi connectivity index (χ4v) is 4.07. The van der Waals surface area contributed by atoms with Crippen LogP contribution in [-0.4, -0.2) is 69.0 Å². The van der Waals surface area contributed by atoms with E-state index in [1.54, 1.807) is 7.05 Å². The first kappa shape index (κ1) is 25.0. The number of nitrogens with zero attached hydrogens (tertiary/aromatic N) is 2. The molecule has 0 saturated carbocycles. The van der Waals surface area contributed by atoms with Crippen molar-refractivity contribution in [1.82, 2.24) is 15.5 Å². The Kier molecular flexibility index (Phi) is 9.96. The highest BCUT2D eigenvalue weighted by molar-refractivity contribution is 14.0. The lowest BCUT2D eigenvalue weighted by Gasteiger charge is -2.38. The summed E-state index contributed by atoms with van der Waals surface area (Å²) in [5.41, 5.74) is 2.30. The maximum Gasteiger partial charge on any atom is 0.191 e. The van der Waals surface area contributed by atoms with E-state index in [1.165, 1.54) is 5.56 Å². The predicted molar refractivity (Wildman–Crippen MR) is 131 cm³/mol. The highest BCUT2D eigenvalue weighted by Crippen LogP contribution is 2.35. The van der Waals surface area contributed by atoms with E-state index < -0.39 is 0 Å². The number of hydrogen-bond acceptors (Lipinski definition) is 5. The van der Waals surface area contributed by atoms with E-state index in [-0.39, 0.29) is 30.1 Å². The molecule has 0 aliphatic carbocycles. The average molecular weight is 532 g/mol. The predicted octanol–water partition coefficient (Wildman–Crippen LogP) is 2.80. The van der Waals surface area contributed by atoms with Crippen LogP contribution in [0.2, 0.25) is 0 Å². The standard InChI is InChI=1S/C22H36N4O3.HI/c1-6-28-20-10-18-9-17(4)29-21(18)11-19(20)13-25-22(23-5)24-12-15(2)26-7-8-27-14-16(26)3;/h10-11,15-17H,6-9,12-14H2,1-5H3,(H2,23,24,25);1H. The van der Waals surface area contributed by atoms with Crippen molar-refractivity contribution < 1.29 is 14.2 Å². The third kappa shape index (κ3) is 6.37. The molecule has 0 spiro atoms. The summed E-state index contributed by atoms with van der Waals surface area (Å²) >= 11 is 0. The molecule has 1 fully saturated rings. The van der Waals surface area contributed by atoms with Gasteiger partial charge in [-0.3, -0.25) is 9.89 Å². The van der Waals surface area contributed by atoms with Gasteiger partial charge in [0.2, 0.25) is 0 Å². The fourth-order valence-electron chi connectivity index (χ4n) is 4.07. The van der Waals surface area contributed by atoms with Crippen LogP contribution in [0, 0.1) is 0 Å². The number of nitrogens with one attached hydrogen (secondary N) is 2. The van der Waals surface area contributed by atoms with Crippen molar-refractivity contribution in [2.75, 3.05) is 40.0 Å². The first-order chi connectivity index (χ1) is 14.0. The number of ether oxygens (including phenoxy) is 3. The fraction of sp³-hybridized carbons (Fsp3) is 0.682. The number of morpholine rings is 1. The van der Waals surface area contributed by atoms with E-state index in [9.17, 15) is 0 Å². The second-order valence-corrected chi connectivity index (χ2v) is 7.95. The Hall–Kier alpha value is -1.26. The summed E-state index contributed by atoms with van der Waals surface area (Å²) in [6.45, 7) is 13.3. The summed E-state index contributed by atoms with van der Waals surface area (Å²) in [6, 6.07) is 5.07.